The summed E-state index contributed by atoms with van der Waals surface area (Å²) in [6, 6.07) is -0.899. The van der Waals surface area contributed by atoms with Crippen molar-refractivity contribution in [3.8, 4) is 0 Å². The van der Waals surface area contributed by atoms with Crippen LogP contribution < -0.4 is 10.2 Å². The molecule has 1 amide bonds. The SMILES string of the molecule is CC/C=C\C/C=C\C/C=C\C/C=C\C/C=C\CCCCCCCCCC(=O)NC(COP(=O)([O-])OCC[N+](C)(C)C)C(/C=C/CCCCCCCCCCCC)OC(=O)CCCCCCCCCCCCC/C=C/CCCCCCCC. The molecule has 476 valence electrons. The number of phosphoric acid groups is 1. The number of amides is 1. The van der Waals surface area contributed by atoms with E-state index in [2.05, 4.69) is 99.0 Å². The Balaban J connectivity index is 5.15. The van der Waals surface area contributed by atoms with Crippen LogP contribution in [0.2, 0.25) is 0 Å². The van der Waals surface area contributed by atoms with E-state index in [0.29, 0.717) is 17.4 Å². The molecule has 0 rings (SSSR count). The van der Waals surface area contributed by atoms with Crippen molar-refractivity contribution in [1.29, 1.82) is 0 Å². The third-order valence-corrected chi connectivity index (χ3v) is 16.0. The molecule has 0 saturated carbocycles. The summed E-state index contributed by atoms with van der Waals surface area (Å²) in [5.74, 6) is -0.549. The zero-order valence-electron chi connectivity index (χ0n) is 54.4. The van der Waals surface area contributed by atoms with Crippen LogP contribution in [0.5, 0.6) is 0 Å². The van der Waals surface area contributed by atoms with Crippen molar-refractivity contribution in [2.75, 3.05) is 40.9 Å². The molecule has 3 atom stereocenters. The largest absolute Gasteiger partial charge is 0.756 e. The van der Waals surface area contributed by atoms with Crippen LogP contribution in [-0.4, -0.2) is 69.4 Å². The van der Waals surface area contributed by atoms with Gasteiger partial charge in [-0.2, -0.15) is 0 Å². The van der Waals surface area contributed by atoms with E-state index < -0.39 is 26.6 Å². The lowest BCUT2D eigenvalue weighted by Crippen LogP contribution is -2.47. The van der Waals surface area contributed by atoms with Crippen molar-refractivity contribution in [3.63, 3.8) is 0 Å². The summed E-state index contributed by atoms with van der Waals surface area (Å²) in [5.41, 5.74) is 0. The van der Waals surface area contributed by atoms with Gasteiger partial charge in [-0.15, -0.1) is 0 Å². The van der Waals surface area contributed by atoms with Gasteiger partial charge in [-0.25, -0.2) is 0 Å². The molecule has 0 aliphatic heterocycles. The van der Waals surface area contributed by atoms with Gasteiger partial charge in [0.2, 0.25) is 5.91 Å². The first-order valence-corrected chi connectivity index (χ1v) is 35.9. The second-order valence-electron chi connectivity index (χ2n) is 24.3. The van der Waals surface area contributed by atoms with E-state index in [9.17, 15) is 19.0 Å². The number of hydrogen-bond donors (Lipinski definition) is 1. The van der Waals surface area contributed by atoms with Crippen LogP contribution in [-0.2, 0) is 27.9 Å². The number of esters is 1. The number of hydrogen-bond acceptors (Lipinski definition) is 7. The topological polar surface area (TPSA) is 114 Å². The van der Waals surface area contributed by atoms with E-state index in [1.54, 1.807) is 0 Å². The highest BCUT2D eigenvalue weighted by atomic mass is 31.2. The van der Waals surface area contributed by atoms with E-state index in [4.69, 9.17) is 13.8 Å². The van der Waals surface area contributed by atoms with Crippen molar-refractivity contribution in [2.24, 2.45) is 0 Å². The smallest absolute Gasteiger partial charge is 0.306 e. The zero-order chi connectivity index (χ0) is 60.0. The predicted octanol–water partition coefficient (Wildman–Crippen LogP) is 21.1. The van der Waals surface area contributed by atoms with E-state index in [1.807, 2.05) is 33.3 Å². The molecular formula is C72H131N2O7P. The fourth-order valence-corrected chi connectivity index (χ4v) is 10.5. The third-order valence-electron chi connectivity index (χ3n) is 15.1. The van der Waals surface area contributed by atoms with Crippen LogP contribution in [0.25, 0.3) is 0 Å². The number of rotatable bonds is 62. The number of ether oxygens (including phenoxy) is 1. The second kappa shape index (κ2) is 61.3. The first-order valence-electron chi connectivity index (χ1n) is 34.4. The molecule has 0 aromatic carbocycles. The number of allylic oxidation sites excluding steroid dienone is 13. The summed E-state index contributed by atoms with van der Waals surface area (Å²) in [5, 5.41) is 3.03. The van der Waals surface area contributed by atoms with Crippen molar-refractivity contribution in [2.45, 2.75) is 322 Å². The number of nitrogens with one attached hydrogen (secondary N) is 1. The number of quaternary nitrogens is 1. The molecule has 0 fully saturated rings. The maximum Gasteiger partial charge on any atom is 0.306 e. The minimum Gasteiger partial charge on any atom is -0.756 e. The van der Waals surface area contributed by atoms with Gasteiger partial charge in [0.05, 0.1) is 33.8 Å². The summed E-state index contributed by atoms with van der Waals surface area (Å²) in [4.78, 5) is 40.1. The van der Waals surface area contributed by atoms with Crippen molar-refractivity contribution in [3.05, 3.63) is 85.1 Å². The standard InChI is InChI=1S/C72H131N2O7P/c1-7-10-13-16-19-22-25-28-30-32-34-36-37-39-40-42-44-46-49-52-55-58-61-64-71(75)73-69(68-80-82(77,78)79-67-66-74(4,5)6)70(63-60-57-54-51-48-27-24-21-18-15-12-9-3)81-72(76)65-62-59-56-53-50-47-45-43-41-38-35-33-31-29-26-23-20-17-14-11-8-2/h10,13,19,22,28-31,34,36,39-40,60,63,69-70H,7-9,11-12,14-18,20-21,23-27,32-33,35,37-38,41-59,61-62,64-68H2,1-6H3,(H-,73,75,77,78)/b13-10-,22-19-,30-28-,31-29+,36-34-,40-39-,63-60+. The average molecular weight is 1170 g/mol. The lowest BCUT2D eigenvalue weighted by Gasteiger charge is -2.30. The Morgan fingerprint density at radius 1 is 0.439 bits per heavy atom. The van der Waals surface area contributed by atoms with Crippen LogP contribution in [0.1, 0.15) is 310 Å². The lowest BCUT2D eigenvalue weighted by atomic mass is 10.0. The molecule has 9 nitrogen and oxygen atoms in total. The second-order valence-corrected chi connectivity index (χ2v) is 25.7. The monoisotopic (exact) mass is 1170 g/mol. The average Bonchev–Trinajstić information content (AvgIpc) is 3.47. The van der Waals surface area contributed by atoms with E-state index in [1.165, 1.54) is 173 Å². The van der Waals surface area contributed by atoms with Crippen molar-refractivity contribution >= 4 is 19.7 Å². The summed E-state index contributed by atoms with van der Waals surface area (Å²) < 4.78 is 30.4. The van der Waals surface area contributed by atoms with E-state index >= 15 is 0 Å². The summed E-state index contributed by atoms with van der Waals surface area (Å²) in [6.45, 7) is 6.74. The minimum absolute atomic E-state index is 0.0273. The van der Waals surface area contributed by atoms with Crippen LogP contribution >= 0.6 is 7.82 Å². The molecule has 0 saturated heterocycles. The first kappa shape index (κ1) is 79.2. The third kappa shape index (κ3) is 61.7. The van der Waals surface area contributed by atoms with Gasteiger partial charge in [0, 0.05) is 12.8 Å². The van der Waals surface area contributed by atoms with Gasteiger partial charge in [0.15, 0.2) is 0 Å². The van der Waals surface area contributed by atoms with Gasteiger partial charge in [-0.05, 0) is 102 Å². The molecule has 0 aromatic heterocycles. The Bertz CT molecular complexity index is 1680. The quantitative estimate of drug-likeness (QED) is 0.0212. The van der Waals surface area contributed by atoms with Crippen LogP contribution in [0.3, 0.4) is 0 Å². The van der Waals surface area contributed by atoms with Gasteiger partial charge in [-0.3, -0.25) is 14.2 Å². The molecule has 10 heteroatoms. The Hall–Kier alpha value is -2.81. The molecular weight excluding hydrogens is 1040 g/mol. The maximum atomic E-state index is 13.6. The number of carbonyl (C=O) groups is 2. The number of carbonyl (C=O) groups excluding carboxylic acids is 2. The van der Waals surface area contributed by atoms with E-state index in [-0.39, 0.29) is 24.9 Å². The molecule has 0 aliphatic rings. The Morgan fingerprint density at radius 2 is 0.780 bits per heavy atom. The van der Waals surface area contributed by atoms with Gasteiger partial charge >= 0.3 is 5.97 Å². The molecule has 1 N–H and O–H groups in total. The normalized spacial score (nSPS) is 14.1. The molecule has 0 bridgehead atoms. The number of likely N-dealkylation sites (N-methyl/N-ethyl adjacent to an activating group) is 1. The van der Waals surface area contributed by atoms with Gasteiger partial charge < -0.3 is 28.5 Å². The number of nitrogens with zero attached hydrogens (tertiary/aromatic N) is 1. The molecule has 82 heavy (non-hydrogen) atoms. The van der Waals surface area contributed by atoms with Crippen molar-refractivity contribution < 1.29 is 37.3 Å². The Labute approximate surface area is 507 Å². The Kier molecular flexibility index (Phi) is 59.2. The lowest BCUT2D eigenvalue weighted by molar-refractivity contribution is -0.870. The fourth-order valence-electron chi connectivity index (χ4n) is 9.78. The predicted molar refractivity (Wildman–Crippen MR) is 353 cm³/mol. The molecule has 0 heterocycles. The molecule has 0 radical (unpaired) electrons. The fraction of sp³-hybridized carbons (Fsp3) is 0.778. The highest BCUT2D eigenvalue weighted by molar-refractivity contribution is 7.45. The highest BCUT2D eigenvalue weighted by Gasteiger charge is 2.27. The van der Waals surface area contributed by atoms with Crippen LogP contribution in [0.4, 0.5) is 0 Å². The summed E-state index contributed by atoms with van der Waals surface area (Å²) in [7, 11) is 1.17. The highest BCUT2D eigenvalue weighted by Crippen LogP contribution is 2.38. The van der Waals surface area contributed by atoms with E-state index in [0.717, 1.165) is 103 Å². The van der Waals surface area contributed by atoms with Gasteiger partial charge in [0.25, 0.3) is 7.82 Å². The molecule has 0 spiro atoms. The zero-order valence-corrected chi connectivity index (χ0v) is 55.3. The van der Waals surface area contributed by atoms with Crippen molar-refractivity contribution in [1.82, 2.24) is 5.32 Å². The molecule has 3 unspecified atom stereocenters. The molecule has 0 aliphatic carbocycles. The maximum absolute atomic E-state index is 13.6. The number of phosphoric ester groups is 1. The minimum atomic E-state index is -4.71. The first-order chi connectivity index (χ1) is 39.9. The van der Waals surface area contributed by atoms with Gasteiger partial charge in [-0.1, -0.05) is 280 Å². The van der Waals surface area contributed by atoms with Crippen LogP contribution in [0.15, 0.2) is 85.1 Å². The number of unbranched alkanes of at least 4 members (excludes halogenated alkanes) is 34. The summed E-state index contributed by atoms with van der Waals surface area (Å²) >= 11 is 0. The van der Waals surface area contributed by atoms with Gasteiger partial charge in [0.1, 0.15) is 19.3 Å². The Morgan fingerprint density at radius 3 is 1.18 bits per heavy atom. The van der Waals surface area contributed by atoms with Crippen LogP contribution in [0, 0.1) is 0 Å². The molecule has 0 aromatic rings. The summed E-state index contributed by atoms with van der Waals surface area (Å²) in [6.07, 6.45) is 81.2.